The van der Waals surface area contributed by atoms with Crippen LogP contribution in [0.4, 0.5) is 0 Å². The second-order valence-electron chi connectivity index (χ2n) is 24.3. The zero-order chi connectivity index (χ0) is 52.9. The van der Waals surface area contributed by atoms with Crippen LogP contribution in [-0.2, 0) is 47.4 Å². The highest BCUT2D eigenvalue weighted by molar-refractivity contribution is 5.15. The summed E-state index contributed by atoms with van der Waals surface area (Å²) in [6.07, 6.45) is -25.9. The van der Waals surface area contributed by atoms with Crippen molar-refractivity contribution in [3.05, 3.63) is 0 Å². The van der Waals surface area contributed by atoms with E-state index >= 15 is 0 Å². The van der Waals surface area contributed by atoms with Gasteiger partial charge < -0.3 is 114 Å². The van der Waals surface area contributed by atoms with Gasteiger partial charge in [0.15, 0.2) is 30.9 Å². The average Bonchev–Trinajstić information content (AvgIpc) is 3.84. The quantitative estimate of drug-likeness (QED) is 0.0872. The van der Waals surface area contributed by atoms with Gasteiger partial charge in [-0.25, -0.2) is 0 Å². The normalized spacial score (nSPS) is 57.6. The van der Waals surface area contributed by atoms with Gasteiger partial charge in [0.25, 0.3) is 0 Å². The molecule has 10 rings (SSSR count). The van der Waals surface area contributed by atoms with E-state index in [2.05, 4.69) is 27.7 Å². The first-order chi connectivity index (χ1) is 35.2. The summed E-state index contributed by atoms with van der Waals surface area (Å²) in [7, 11) is 0. The van der Waals surface area contributed by atoms with E-state index in [0.717, 1.165) is 58.0 Å². The van der Waals surface area contributed by atoms with Gasteiger partial charge in [0, 0.05) is 12.3 Å². The van der Waals surface area contributed by atoms with Crippen molar-refractivity contribution in [2.75, 3.05) is 33.0 Å². The first kappa shape index (κ1) is 56.4. The van der Waals surface area contributed by atoms with Gasteiger partial charge in [0.1, 0.15) is 97.7 Å². The topological polar surface area (TPSA) is 355 Å². The Hall–Kier alpha value is -0.920. The summed E-state index contributed by atoms with van der Waals surface area (Å²) < 4.78 is 61.6. The number of ether oxygens (including phenoxy) is 10. The van der Waals surface area contributed by atoms with Gasteiger partial charge in [-0.2, -0.15) is 0 Å². The molecule has 0 radical (unpaired) electrons. The molecular weight excluding hydrogens is 981 g/mol. The lowest BCUT2D eigenvalue weighted by atomic mass is 9.44. The summed E-state index contributed by atoms with van der Waals surface area (Å²) in [4.78, 5) is 0. The average molecular weight is 1070 g/mol. The summed E-state index contributed by atoms with van der Waals surface area (Å²) in [5, 5.41) is 140. The summed E-state index contributed by atoms with van der Waals surface area (Å²) in [5.41, 5.74) is 0.270. The van der Waals surface area contributed by atoms with Crippen molar-refractivity contribution in [2.24, 2.45) is 52.3 Å². The molecule has 32 unspecified atom stereocenters. The van der Waals surface area contributed by atoms with Crippen molar-refractivity contribution < 1.29 is 114 Å². The van der Waals surface area contributed by atoms with Crippen LogP contribution >= 0.6 is 0 Å². The van der Waals surface area contributed by atoms with E-state index in [-0.39, 0.29) is 23.0 Å². The molecule has 13 N–H and O–H groups in total. The Morgan fingerprint density at radius 1 is 0.473 bits per heavy atom. The van der Waals surface area contributed by atoms with Crippen molar-refractivity contribution in [3.63, 3.8) is 0 Å². The summed E-state index contributed by atoms with van der Waals surface area (Å²) in [5.74, 6) is 2.99. The second kappa shape index (κ2) is 21.9. The molecule has 0 aromatic heterocycles. The lowest BCUT2D eigenvalue weighted by molar-refractivity contribution is -0.406. The fourth-order valence-corrected chi connectivity index (χ4v) is 16.2. The summed E-state index contributed by atoms with van der Waals surface area (Å²) in [6.45, 7) is 6.96. The van der Waals surface area contributed by atoms with Gasteiger partial charge in [-0.3, -0.25) is 0 Å². The Kier molecular flexibility index (Phi) is 16.6. The van der Waals surface area contributed by atoms with Crippen molar-refractivity contribution in [2.45, 2.75) is 233 Å². The van der Waals surface area contributed by atoms with E-state index < -0.39 is 155 Å². The van der Waals surface area contributed by atoms with Crippen LogP contribution in [0.1, 0.15) is 91.9 Å². The van der Waals surface area contributed by atoms with Crippen LogP contribution in [0.15, 0.2) is 0 Å². The molecule has 0 aromatic rings. The van der Waals surface area contributed by atoms with Gasteiger partial charge in [-0.1, -0.05) is 27.7 Å². The van der Waals surface area contributed by atoms with Crippen LogP contribution in [0.3, 0.4) is 0 Å². The molecule has 0 aromatic carbocycles. The van der Waals surface area contributed by atoms with Gasteiger partial charge in [0.05, 0.1) is 45.2 Å². The standard InChI is InChI=1S/C51H84O23/c1-20-7-12-51(65-19-20)21(2)32-27(74-51)14-26-24-6-5-22-13-23(8-10-49(22,3)25(24)9-11-50(26,32)4)66-45-41(64)38(61)42(31(18-55)70-45)71-48-44(73-47-40(63)37(60)34(57)29(16-53)68-47)43(35(58)30(17-54)69-48)72-46-39(62)36(59)33(56)28(15-52)67-46/h20-48,52-64H,5-19H2,1-4H3. The third-order valence-corrected chi connectivity index (χ3v) is 20.4. The molecule has 6 heterocycles. The summed E-state index contributed by atoms with van der Waals surface area (Å²) in [6, 6.07) is 0. The first-order valence-corrected chi connectivity index (χ1v) is 27.3. The number of hydrogen-bond acceptors (Lipinski definition) is 23. The Labute approximate surface area is 430 Å². The Balaban J connectivity index is 0.820. The van der Waals surface area contributed by atoms with E-state index in [0.29, 0.717) is 54.3 Å². The lowest BCUT2D eigenvalue weighted by Gasteiger charge is -2.61. The lowest BCUT2D eigenvalue weighted by Crippen LogP contribution is -2.68. The molecule has 0 amide bonds. The van der Waals surface area contributed by atoms with E-state index in [1.165, 1.54) is 0 Å². The number of aliphatic hydroxyl groups is 13. The van der Waals surface area contributed by atoms with E-state index in [1.807, 2.05) is 0 Å². The van der Waals surface area contributed by atoms with E-state index in [4.69, 9.17) is 47.4 Å². The van der Waals surface area contributed by atoms with E-state index in [9.17, 15) is 66.4 Å². The van der Waals surface area contributed by atoms with Crippen LogP contribution in [0, 0.1) is 52.3 Å². The van der Waals surface area contributed by atoms with E-state index in [1.54, 1.807) is 0 Å². The zero-order valence-electron chi connectivity index (χ0n) is 42.7. The summed E-state index contributed by atoms with van der Waals surface area (Å²) >= 11 is 0. The maximum atomic E-state index is 11.8. The monoisotopic (exact) mass is 1060 g/mol. The molecule has 426 valence electrons. The smallest absolute Gasteiger partial charge is 0.187 e. The molecule has 74 heavy (non-hydrogen) atoms. The number of hydrogen-bond donors (Lipinski definition) is 13. The maximum Gasteiger partial charge on any atom is 0.187 e. The van der Waals surface area contributed by atoms with Gasteiger partial charge in [-0.15, -0.1) is 0 Å². The molecule has 4 saturated carbocycles. The molecule has 23 heteroatoms. The van der Waals surface area contributed by atoms with Gasteiger partial charge in [0.2, 0.25) is 0 Å². The SMILES string of the molecule is CC1CCC2(OC1)OC1CC3C4CCC5CC(OC6OC(CO)C(OC7OC(CO)C(O)C(OC8OC(CO)C(O)C(O)C8O)C7OC7OC(CO)C(O)C(O)C7O)C(O)C6O)CCC5(C)C4CCC3(C)C1C2C. The zero-order valence-corrected chi connectivity index (χ0v) is 42.7. The highest BCUT2D eigenvalue weighted by atomic mass is 16.8. The molecule has 10 fully saturated rings. The van der Waals surface area contributed by atoms with Crippen LogP contribution in [0.25, 0.3) is 0 Å². The largest absolute Gasteiger partial charge is 0.394 e. The van der Waals surface area contributed by atoms with Crippen molar-refractivity contribution >= 4 is 0 Å². The molecule has 4 aliphatic carbocycles. The third-order valence-electron chi connectivity index (χ3n) is 20.4. The third kappa shape index (κ3) is 9.56. The molecule has 1 spiro atoms. The minimum absolute atomic E-state index is 0.0782. The molecule has 23 nitrogen and oxygen atoms in total. The molecule has 0 bridgehead atoms. The molecular formula is C51H84O23. The highest BCUT2D eigenvalue weighted by Gasteiger charge is 2.69. The Morgan fingerprint density at radius 3 is 1.62 bits per heavy atom. The number of aliphatic hydroxyl groups excluding tert-OH is 13. The Bertz CT molecular complexity index is 1880. The number of fused-ring (bicyclic) bond motifs is 7. The molecule has 6 saturated heterocycles. The second-order valence-corrected chi connectivity index (χ2v) is 24.3. The maximum absolute atomic E-state index is 11.8. The van der Waals surface area contributed by atoms with Gasteiger partial charge >= 0.3 is 0 Å². The van der Waals surface area contributed by atoms with Crippen LogP contribution in [0.2, 0.25) is 0 Å². The minimum Gasteiger partial charge on any atom is -0.394 e. The highest BCUT2D eigenvalue weighted by Crippen LogP contribution is 2.71. The van der Waals surface area contributed by atoms with Crippen molar-refractivity contribution in [3.8, 4) is 0 Å². The Morgan fingerprint density at radius 2 is 1.01 bits per heavy atom. The van der Waals surface area contributed by atoms with Gasteiger partial charge in [-0.05, 0) is 104 Å². The first-order valence-electron chi connectivity index (χ1n) is 27.3. The van der Waals surface area contributed by atoms with Crippen LogP contribution < -0.4 is 0 Å². The van der Waals surface area contributed by atoms with Crippen LogP contribution in [-0.4, -0.2) is 240 Å². The molecule has 32 atom stereocenters. The minimum atomic E-state index is -2.03. The predicted molar refractivity (Wildman–Crippen MR) is 248 cm³/mol. The fraction of sp³-hybridized carbons (Fsp3) is 1.00. The van der Waals surface area contributed by atoms with Crippen LogP contribution in [0.5, 0.6) is 0 Å². The van der Waals surface area contributed by atoms with Crippen molar-refractivity contribution in [1.29, 1.82) is 0 Å². The molecule has 10 aliphatic rings. The predicted octanol–water partition coefficient (Wildman–Crippen LogP) is -2.91. The number of rotatable bonds is 12. The molecule has 6 aliphatic heterocycles. The fourth-order valence-electron chi connectivity index (χ4n) is 16.2. The van der Waals surface area contributed by atoms with Crippen molar-refractivity contribution in [1.82, 2.24) is 0 Å².